The lowest BCUT2D eigenvalue weighted by Crippen LogP contribution is -2.31. The lowest BCUT2D eigenvalue weighted by Gasteiger charge is -2.25. The third-order valence-corrected chi connectivity index (χ3v) is 8.62. The van der Waals surface area contributed by atoms with E-state index in [9.17, 15) is 22.8 Å². The number of rotatable bonds is 9. The molecule has 0 spiro atoms. The number of carbonyl (C=O) groups excluding carboxylic acids is 2. The number of halogens is 3. The van der Waals surface area contributed by atoms with E-state index in [1.54, 1.807) is 4.90 Å². The van der Waals surface area contributed by atoms with E-state index in [2.05, 4.69) is 52.7 Å². The topological polar surface area (TPSA) is 89.7 Å². The Hall–Kier alpha value is -4.45. The van der Waals surface area contributed by atoms with Crippen LogP contribution in [-0.4, -0.2) is 43.9 Å². The third-order valence-electron chi connectivity index (χ3n) is 7.70. The highest BCUT2D eigenvalue weighted by molar-refractivity contribution is 8.15. The van der Waals surface area contributed by atoms with Gasteiger partial charge in [0.15, 0.2) is 11.0 Å². The van der Waals surface area contributed by atoms with Crippen LogP contribution >= 0.6 is 11.8 Å². The minimum absolute atomic E-state index is 0.0925. The molecule has 12 heteroatoms. The Morgan fingerprint density at radius 1 is 1.04 bits per heavy atom. The molecule has 46 heavy (non-hydrogen) atoms. The van der Waals surface area contributed by atoms with Crippen LogP contribution in [0, 0.1) is 0 Å². The highest BCUT2D eigenvalue weighted by Gasteiger charge is 2.34. The maximum atomic E-state index is 13.3. The number of benzene rings is 3. The molecule has 0 atom stereocenters. The van der Waals surface area contributed by atoms with Crippen LogP contribution in [0.15, 0.2) is 78.0 Å². The van der Waals surface area contributed by atoms with E-state index in [0.29, 0.717) is 16.7 Å². The van der Waals surface area contributed by atoms with Crippen LogP contribution in [0.1, 0.15) is 63.6 Å². The van der Waals surface area contributed by atoms with Gasteiger partial charge in [-0.05, 0) is 64.8 Å². The fraction of sp³-hybridized carbons (Fsp3) is 0.324. The smallest absolute Gasteiger partial charge is 0.406 e. The average molecular weight is 650 g/mol. The van der Waals surface area contributed by atoms with Crippen molar-refractivity contribution < 1.29 is 27.5 Å². The van der Waals surface area contributed by atoms with Crippen molar-refractivity contribution in [3.05, 3.63) is 89.7 Å². The molecule has 5 rings (SSSR count). The second kappa shape index (κ2) is 13.1. The molecule has 0 radical (unpaired) electrons. The molecule has 4 aromatic rings. The zero-order chi connectivity index (χ0) is 33.2. The molecular formula is C34H34F3N5O3S. The van der Waals surface area contributed by atoms with Gasteiger partial charge in [-0.2, -0.15) is 4.99 Å². The molecule has 3 aromatic carbocycles. The van der Waals surface area contributed by atoms with Crippen molar-refractivity contribution in [3.63, 3.8) is 0 Å². The second-order valence-electron chi connectivity index (χ2n) is 11.9. The van der Waals surface area contributed by atoms with Crippen LogP contribution in [0.5, 0.6) is 5.75 Å². The molecule has 2 amide bonds. The molecule has 1 fully saturated rings. The number of aryl methyl sites for hydroxylation is 1. The molecule has 0 unspecified atom stereocenters. The summed E-state index contributed by atoms with van der Waals surface area (Å²) in [5.74, 6) is 0.112. The van der Waals surface area contributed by atoms with Crippen LogP contribution in [0.25, 0.3) is 17.1 Å². The van der Waals surface area contributed by atoms with Crippen LogP contribution in [-0.2, 0) is 21.4 Å². The van der Waals surface area contributed by atoms with E-state index in [0.717, 1.165) is 34.4 Å². The van der Waals surface area contributed by atoms with Crippen molar-refractivity contribution in [2.45, 2.75) is 65.2 Å². The monoisotopic (exact) mass is 649 g/mol. The number of amides is 2. The van der Waals surface area contributed by atoms with Crippen molar-refractivity contribution in [3.8, 4) is 22.8 Å². The van der Waals surface area contributed by atoms with Crippen molar-refractivity contribution in [2.75, 3.05) is 10.7 Å². The quantitative estimate of drug-likeness (QED) is 0.184. The van der Waals surface area contributed by atoms with E-state index in [4.69, 9.17) is 0 Å². The largest absolute Gasteiger partial charge is 0.573 e. The van der Waals surface area contributed by atoms with Crippen LogP contribution in [0.4, 0.5) is 18.9 Å². The van der Waals surface area contributed by atoms with Crippen molar-refractivity contribution in [1.82, 2.24) is 14.8 Å². The Bertz CT molecular complexity index is 1760. The van der Waals surface area contributed by atoms with Gasteiger partial charge in [-0.3, -0.25) is 14.5 Å². The summed E-state index contributed by atoms with van der Waals surface area (Å²) >= 11 is 1.28. The number of hydrogen-bond donors (Lipinski definition) is 0. The summed E-state index contributed by atoms with van der Waals surface area (Å²) in [4.78, 5) is 36.7. The number of anilines is 1. The van der Waals surface area contributed by atoms with E-state index in [-0.39, 0.29) is 35.7 Å². The number of nitrogens with zero attached hydrogens (tertiary/aromatic N) is 5. The fourth-order valence-corrected chi connectivity index (χ4v) is 6.07. The van der Waals surface area contributed by atoms with Gasteiger partial charge in [0.05, 0.1) is 17.1 Å². The van der Waals surface area contributed by atoms with Gasteiger partial charge in [0.2, 0.25) is 11.8 Å². The van der Waals surface area contributed by atoms with Gasteiger partial charge in [-0.1, -0.05) is 82.8 Å². The molecular weight excluding hydrogens is 615 g/mol. The minimum Gasteiger partial charge on any atom is -0.406 e. The van der Waals surface area contributed by atoms with Gasteiger partial charge in [0.1, 0.15) is 12.1 Å². The molecule has 0 bridgehead atoms. The number of hydrogen-bond acceptors (Lipinski definition) is 6. The maximum Gasteiger partial charge on any atom is 0.573 e. The summed E-state index contributed by atoms with van der Waals surface area (Å²) in [6.07, 6.45) is -2.33. The lowest BCUT2D eigenvalue weighted by atomic mass is 9.81. The molecule has 8 nitrogen and oxygen atoms in total. The van der Waals surface area contributed by atoms with Crippen LogP contribution in [0.3, 0.4) is 0 Å². The molecule has 1 saturated heterocycles. The molecule has 1 aliphatic heterocycles. The lowest BCUT2D eigenvalue weighted by molar-refractivity contribution is -0.274. The fourth-order valence-electron chi connectivity index (χ4n) is 5.19. The van der Waals surface area contributed by atoms with E-state index < -0.39 is 11.8 Å². The molecule has 2 heterocycles. The summed E-state index contributed by atoms with van der Waals surface area (Å²) in [6.45, 7) is 10.1. The van der Waals surface area contributed by atoms with Gasteiger partial charge in [-0.15, -0.1) is 18.3 Å². The summed E-state index contributed by atoms with van der Waals surface area (Å²) < 4.78 is 42.8. The summed E-state index contributed by atoms with van der Waals surface area (Å²) in [5, 5.41) is 4.86. The Morgan fingerprint density at radius 2 is 1.74 bits per heavy atom. The first kappa shape index (κ1) is 32.9. The average Bonchev–Trinajstić information content (AvgIpc) is 3.63. The normalized spacial score (nSPS) is 14.8. The first-order chi connectivity index (χ1) is 21.7. The maximum absolute atomic E-state index is 13.3. The summed E-state index contributed by atoms with van der Waals surface area (Å²) in [6, 6.07) is 19.0. The second-order valence-corrected chi connectivity index (χ2v) is 12.8. The molecule has 0 aliphatic carbocycles. The number of alkyl halides is 3. The first-order valence-corrected chi connectivity index (χ1v) is 15.8. The summed E-state index contributed by atoms with van der Waals surface area (Å²) in [5.41, 5.74) is 4.52. The Labute approximate surface area is 269 Å². The van der Waals surface area contributed by atoms with Gasteiger partial charge in [-0.25, -0.2) is 9.67 Å². The SMILES string of the molecule is CCc1ccc(C(C)C)c(N2C(=O)CSC2=NC(=O)CC(C)(C)c2ccc(-c3ncn(-c4ccc(OC(F)(F)F)cc4)n3)cc2)c1. The summed E-state index contributed by atoms with van der Waals surface area (Å²) in [7, 11) is 0. The number of aromatic nitrogens is 3. The van der Waals surface area contributed by atoms with Crippen LogP contribution in [0.2, 0.25) is 0 Å². The van der Waals surface area contributed by atoms with Gasteiger partial charge >= 0.3 is 6.36 Å². The van der Waals surface area contributed by atoms with Crippen molar-refractivity contribution in [2.24, 2.45) is 4.99 Å². The highest BCUT2D eigenvalue weighted by atomic mass is 32.2. The molecule has 0 saturated carbocycles. The standard InChI is InChI=1S/C34H34F3N5O3S/c1-6-22-7-16-27(21(2)3)28(17-22)42-30(44)19-46-32(42)39-29(43)18-33(4,5)24-10-8-23(9-11-24)31-38-20-41(40-31)25-12-14-26(15-13-25)45-34(35,36)37/h7-17,20-21H,6,18-19H2,1-5H3. The zero-order valence-electron chi connectivity index (χ0n) is 26.1. The number of thioether (sulfide) groups is 1. The number of aliphatic imine (C=N–C) groups is 1. The predicted octanol–water partition coefficient (Wildman–Crippen LogP) is 7.85. The zero-order valence-corrected chi connectivity index (χ0v) is 26.9. The Balaban J connectivity index is 1.29. The molecule has 240 valence electrons. The van der Waals surface area contributed by atoms with Gasteiger partial charge in [0, 0.05) is 12.0 Å². The Morgan fingerprint density at radius 3 is 2.37 bits per heavy atom. The van der Waals surface area contributed by atoms with Crippen molar-refractivity contribution in [1.29, 1.82) is 0 Å². The number of carbonyl (C=O) groups is 2. The Kier molecular flexibility index (Phi) is 9.39. The highest BCUT2D eigenvalue weighted by Crippen LogP contribution is 2.35. The van der Waals surface area contributed by atoms with E-state index in [1.165, 1.54) is 47.0 Å². The van der Waals surface area contributed by atoms with E-state index >= 15 is 0 Å². The third kappa shape index (κ3) is 7.50. The van der Waals surface area contributed by atoms with Gasteiger partial charge in [0.25, 0.3) is 0 Å². The van der Waals surface area contributed by atoms with Gasteiger partial charge < -0.3 is 4.74 Å². The first-order valence-electron chi connectivity index (χ1n) is 14.8. The number of amidine groups is 1. The van der Waals surface area contributed by atoms with Crippen LogP contribution < -0.4 is 9.64 Å². The van der Waals surface area contributed by atoms with Crippen molar-refractivity contribution >= 4 is 34.4 Å². The minimum atomic E-state index is -4.76. The molecule has 1 aromatic heterocycles. The molecule has 0 N–H and O–H groups in total. The molecule has 1 aliphatic rings. The number of ether oxygens (including phenoxy) is 1. The predicted molar refractivity (Wildman–Crippen MR) is 173 cm³/mol. The van der Waals surface area contributed by atoms with E-state index in [1.807, 2.05) is 44.2 Å².